The molecule has 0 saturated heterocycles. The van der Waals surface area contributed by atoms with Crippen LogP contribution in [0.2, 0.25) is 0 Å². The summed E-state index contributed by atoms with van der Waals surface area (Å²) in [4.78, 5) is 16.6. The van der Waals surface area contributed by atoms with Crippen molar-refractivity contribution < 1.29 is 9.90 Å². The normalized spacial score (nSPS) is 11.2. The zero-order valence-corrected chi connectivity index (χ0v) is 12.4. The fourth-order valence-corrected chi connectivity index (χ4v) is 2.77. The number of para-hydroxylation sites is 1. The molecule has 2 N–H and O–H groups in total. The first-order valence-electron chi connectivity index (χ1n) is 7.20. The lowest BCUT2D eigenvalue weighted by molar-refractivity contribution is 0.0689. The number of nitrogens with zero attached hydrogens (tertiary/aromatic N) is 1. The molecule has 3 rings (SSSR count). The van der Waals surface area contributed by atoms with E-state index >= 15 is 0 Å². The van der Waals surface area contributed by atoms with Crippen LogP contribution in [0.3, 0.4) is 0 Å². The predicted octanol–water partition coefficient (Wildman–Crippen LogP) is 3.50. The summed E-state index contributed by atoms with van der Waals surface area (Å²) in [6.45, 7) is 1.36. The van der Waals surface area contributed by atoms with Gasteiger partial charge in [-0.25, -0.2) is 4.79 Å². The molecule has 0 radical (unpaired) electrons. The number of benzene rings is 2. The molecule has 4 nitrogen and oxygen atoms in total. The zero-order chi connectivity index (χ0) is 15.5. The maximum atomic E-state index is 11.5. The van der Waals surface area contributed by atoms with Gasteiger partial charge in [0.25, 0.3) is 0 Å². The zero-order valence-electron chi connectivity index (χ0n) is 12.4. The number of carboxylic acids is 1. The van der Waals surface area contributed by atoms with Crippen LogP contribution < -0.4 is 0 Å². The molecule has 0 aliphatic carbocycles. The van der Waals surface area contributed by atoms with Crippen LogP contribution >= 0.6 is 0 Å². The summed E-state index contributed by atoms with van der Waals surface area (Å²) in [7, 11) is 2.00. The number of aromatic nitrogens is 1. The fraction of sp³-hybridized carbons (Fsp3) is 0.167. The molecule has 0 unspecified atom stereocenters. The Hall–Kier alpha value is -2.59. The number of aromatic amines is 1. The van der Waals surface area contributed by atoms with Crippen molar-refractivity contribution in [3.8, 4) is 0 Å². The molecule has 0 atom stereocenters. The van der Waals surface area contributed by atoms with Gasteiger partial charge in [0.1, 0.15) is 5.69 Å². The van der Waals surface area contributed by atoms with E-state index in [4.69, 9.17) is 0 Å². The van der Waals surface area contributed by atoms with Gasteiger partial charge in [-0.1, -0.05) is 48.5 Å². The van der Waals surface area contributed by atoms with Crippen molar-refractivity contribution in [2.45, 2.75) is 13.1 Å². The van der Waals surface area contributed by atoms with Crippen LogP contribution in [-0.2, 0) is 13.1 Å². The van der Waals surface area contributed by atoms with Gasteiger partial charge in [-0.2, -0.15) is 0 Å². The Morgan fingerprint density at radius 1 is 1.05 bits per heavy atom. The summed E-state index contributed by atoms with van der Waals surface area (Å²) in [5.41, 5.74) is 3.19. The van der Waals surface area contributed by atoms with E-state index in [0.717, 1.165) is 23.0 Å². The highest BCUT2D eigenvalue weighted by atomic mass is 16.4. The quantitative estimate of drug-likeness (QED) is 0.757. The molecule has 0 aliphatic rings. The Morgan fingerprint density at radius 3 is 2.45 bits per heavy atom. The Morgan fingerprint density at radius 2 is 1.73 bits per heavy atom. The van der Waals surface area contributed by atoms with Crippen LogP contribution in [0.5, 0.6) is 0 Å². The SMILES string of the molecule is CN(Cc1ccccc1)Cc1c(C(=O)O)[nH]c2ccccc12. The van der Waals surface area contributed by atoms with Crippen LogP contribution in [-0.4, -0.2) is 28.0 Å². The lowest BCUT2D eigenvalue weighted by Gasteiger charge is -2.17. The minimum Gasteiger partial charge on any atom is -0.477 e. The fourth-order valence-electron chi connectivity index (χ4n) is 2.77. The molecule has 0 spiro atoms. The molecule has 0 aliphatic heterocycles. The second-order valence-electron chi connectivity index (χ2n) is 5.49. The van der Waals surface area contributed by atoms with E-state index in [1.807, 2.05) is 49.5 Å². The summed E-state index contributed by atoms with van der Waals surface area (Å²) in [5.74, 6) is -0.917. The molecule has 1 heterocycles. The Labute approximate surface area is 129 Å². The molecule has 3 aromatic rings. The molecule has 1 aromatic heterocycles. The van der Waals surface area contributed by atoms with Gasteiger partial charge >= 0.3 is 5.97 Å². The van der Waals surface area contributed by atoms with Crippen LogP contribution in [0, 0.1) is 0 Å². The number of fused-ring (bicyclic) bond motifs is 1. The van der Waals surface area contributed by atoms with Gasteiger partial charge in [-0.15, -0.1) is 0 Å². The third-order valence-corrected chi connectivity index (χ3v) is 3.75. The van der Waals surface area contributed by atoms with Crippen LogP contribution in [0.25, 0.3) is 10.9 Å². The summed E-state index contributed by atoms with van der Waals surface area (Å²) < 4.78 is 0. The van der Waals surface area contributed by atoms with Crippen molar-refractivity contribution in [1.82, 2.24) is 9.88 Å². The van der Waals surface area contributed by atoms with E-state index < -0.39 is 5.97 Å². The van der Waals surface area contributed by atoms with Gasteiger partial charge in [0.15, 0.2) is 0 Å². The highest BCUT2D eigenvalue weighted by Crippen LogP contribution is 2.24. The molecule has 2 aromatic carbocycles. The molecular weight excluding hydrogens is 276 g/mol. The predicted molar refractivity (Wildman–Crippen MR) is 86.9 cm³/mol. The Bertz CT molecular complexity index is 793. The van der Waals surface area contributed by atoms with E-state index in [-0.39, 0.29) is 5.69 Å². The summed E-state index contributed by atoms with van der Waals surface area (Å²) >= 11 is 0. The second kappa shape index (κ2) is 6.03. The maximum absolute atomic E-state index is 11.5. The van der Waals surface area contributed by atoms with Crippen molar-refractivity contribution >= 4 is 16.9 Å². The first-order chi connectivity index (χ1) is 10.6. The molecule has 0 fully saturated rings. The standard InChI is InChI=1S/C18H18N2O2/c1-20(11-13-7-3-2-4-8-13)12-15-14-9-5-6-10-16(14)19-17(15)18(21)22/h2-10,19H,11-12H2,1H3,(H,21,22). The minimum atomic E-state index is -0.917. The molecule has 0 amide bonds. The van der Waals surface area contributed by atoms with E-state index in [1.54, 1.807) is 0 Å². The minimum absolute atomic E-state index is 0.279. The number of H-pyrrole nitrogens is 1. The van der Waals surface area contributed by atoms with E-state index in [9.17, 15) is 9.90 Å². The second-order valence-corrected chi connectivity index (χ2v) is 5.49. The Kier molecular flexibility index (Phi) is 3.94. The molecular formula is C18H18N2O2. The van der Waals surface area contributed by atoms with E-state index in [2.05, 4.69) is 22.0 Å². The van der Waals surface area contributed by atoms with Crippen LogP contribution in [0.15, 0.2) is 54.6 Å². The largest absolute Gasteiger partial charge is 0.477 e. The molecule has 0 bridgehead atoms. The van der Waals surface area contributed by atoms with Gasteiger partial charge in [0.2, 0.25) is 0 Å². The maximum Gasteiger partial charge on any atom is 0.352 e. The van der Waals surface area contributed by atoms with Crippen molar-refractivity contribution in [1.29, 1.82) is 0 Å². The lowest BCUT2D eigenvalue weighted by Crippen LogP contribution is -2.18. The van der Waals surface area contributed by atoms with Gasteiger partial charge in [-0.3, -0.25) is 4.90 Å². The number of hydrogen-bond acceptors (Lipinski definition) is 2. The number of nitrogens with one attached hydrogen (secondary N) is 1. The monoisotopic (exact) mass is 294 g/mol. The van der Waals surface area contributed by atoms with Crippen molar-refractivity contribution in [2.24, 2.45) is 0 Å². The number of carboxylic acid groups (broad SMARTS) is 1. The molecule has 4 heteroatoms. The summed E-state index contributed by atoms with van der Waals surface area (Å²) in [5, 5.41) is 10.4. The van der Waals surface area contributed by atoms with E-state index in [1.165, 1.54) is 5.56 Å². The number of aromatic carboxylic acids is 1. The van der Waals surface area contributed by atoms with Crippen LogP contribution in [0.4, 0.5) is 0 Å². The summed E-state index contributed by atoms with van der Waals surface area (Å²) in [6.07, 6.45) is 0. The van der Waals surface area contributed by atoms with Gasteiger partial charge in [-0.05, 0) is 18.7 Å². The summed E-state index contributed by atoms with van der Waals surface area (Å²) in [6, 6.07) is 17.9. The highest BCUT2D eigenvalue weighted by molar-refractivity contribution is 5.97. The van der Waals surface area contributed by atoms with Gasteiger partial charge in [0, 0.05) is 29.6 Å². The topological polar surface area (TPSA) is 56.3 Å². The van der Waals surface area contributed by atoms with Crippen molar-refractivity contribution in [2.75, 3.05) is 7.05 Å². The number of carbonyl (C=O) groups is 1. The van der Waals surface area contributed by atoms with E-state index in [0.29, 0.717) is 6.54 Å². The lowest BCUT2D eigenvalue weighted by atomic mass is 10.1. The highest BCUT2D eigenvalue weighted by Gasteiger charge is 2.17. The Balaban J connectivity index is 1.89. The molecule has 112 valence electrons. The third kappa shape index (κ3) is 2.87. The molecule has 22 heavy (non-hydrogen) atoms. The third-order valence-electron chi connectivity index (χ3n) is 3.75. The first kappa shape index (κ1) is 14.4. The molecule has 0 saturated carbocycles. The van der Waals surface area contributed by atoms with Gasteiger partial charge < -0.3 is 10.1 Å². The smallest absolute Gasteiger partial charge is 0.352 e. The average molecular weight is 294 g/mol. The number of hydrogen-bond donors (Lipinski definition) is 2. The first-order valence-corrected chi connectivity index (χ1v) is 7.20. The van der Waals surface area contributed by atoms with Gasteiger partial charge in [0.05, 0.1) is 0 Å². The average Bonchev–Trinajstić information content (AvgIpc) is 2.87. The number of rotatable bonds is 5. The van der Waals surface area contributed by atoms with Crippen molar-refractivity contribution in [3.63, 3.8) is 0 Å². The van der Waals surface area contributed by atoms with Crippen LogP contribution in [0.1, 0.15) is 21.6 Å². The van der Waals surface area contributed by atoms with Crippen molar-refractivity contribution in [3.05, 3.63) is 71.4 Å².